The zero-order valence-corrected chi connectivity index (χ0v) is 8.84. The summed E-state index contributed by atoms with van der Waals surface area (Å²) in [6.07, 6.45) is -0.260. The molecule has 0 aliphatic carbocycles. The fraction of sp³-hybridized carbons (Fsp3) is 0.400. The highest BCUT2D eigenvalue weighted by Gasteiger charge is 2.08. The van der Waals surface area contributed by atoms with Gasteiger partial charge in [0.1, 0.15) is 18.8 Å². The minimum Gasteiger partial charge on any atom is -0.494 e. The van der Waals surface area contributed by atoms with E-state index >= 15 is 0 Å². The van der Waals surface area contributed by atoms with E-state index in [1.54, 1.807) is 0 Å². The van der Waals surface area contributed by atoms with E-state index in [0.717, 1.165) is 0 Å². The van der Waals surface area contributed by atoms with Crippen LogP contribution in [0.1, 0.15) is 13.3 Å². The van der Waals surface area contributed by atoms with Crippen molar-refractivity contribution < 1.29 is 24.5 Å². The molecule has 1 aromatic heterocycles. The van der Waals surface area contributed by atoms with Crippen molar-refractivity contribution in [2.45, 2.75) is 19.9 Å². The summed E-state index contributed by atoms with van der Waals surface area (Å²) in [5.74, 6) is -1.10. The fourth-order valence-corrected chi connectivity index (χ4v) is 1.18. The molecule has 6 nitrogen and oxygen atoms in total. The molecule has 0 fully saturated rings. The Morgan fingerprint density at radius 2 is 1.88 bits per heavy atom. The molecule has 16 heavy (non-hydrogen) atoms. The van der Waals surface area contributed by atoms with Gasteiger partial charge in [-0.1, -0.05) is 0 Å². The number of rotatable bonds is 5. The van der Waals surface area contributed by atoms with E-state index in [1.165, 1.54) is 23.6 Å². The Morgan fingerprint density at radius 3 is 2.38 bits per heavy atom. The number of aromatic hydroxyl groups is 2. The Morgan fingerprint density at radius 1 is 1.31 bits per heavy atom. The van der Waals surface area contributed by atoms with Gasteiger partial charge in [0.15, 0.2) is 11.8 Å². The average molecular weight is 227 g/mol. The molecule has 0 radical (unpaired) electrons. The highest BCUT2D eigenvalue weighted by atomic mass is 16.5. The van der Waals surface area contributed by atoms with Crippen LogP contribution in [0.3, 0.4) is 0 Å². The third-order valence-electron chi connectivity index (χ3n) is 1.91. The second-order valence-electron chi connectivity index (χ2n) is 3.30. The molecule has 0 atom stereocenters. The molecule has 0 unspecified atom stereocenters. The van der Waals surface area contributed by atoms with E-state index in [0.29, 0.717) is 0 Å². The summed E-state index contributed by atoms with van der Waals surface area (Å²) >= 11 is 0. The lowest BCUT2D eigenvalue weighted by atomic mass is 10.3. The number of ether oxygens (including phenoxy) is 1. The van der Waals surface area contributed by atoms with Crippen LogP contribution < -0.4 is 0 Å². The first kappa shape index (κ1) is 12.1. The predicted molar refractivity (Wildman–Crippen MR) is 54.0 cm³/mol. The summed E-state index contributed by atoms with van der Waals surface area (Å²) in [5, 5.41) is 18.5. The van der Waals surface area contributed by atoms with Crippen LogP contribution in [0.2, 0.25) is 0 Å². The summed E-state index contributed by atoms with van der Waals surface area (Å²) in [6.45, 7) is 1.42. The zero-order chi connectivity index (χ0) is 12.1. The summed E-state index contributed by atoms with van der Waals surface area (Å²) < 4.78 is 5.91. The zero-order valence-electron chi connectivity index (χ0n) is 8.84. The number of aromatic nitrogens is 1. The van der Waals surface area contributed by atoms with Gasteiger partial charge in [-0.15, -0.1) is 0 Å². The molecular weight excluding hydrogens is 214 g/mol. The van der Waals surface area contributed by atoms with Gasteiger partial charge in [0.2, 0.25) is 0 Å². The third-order valence-corrected chi connectivity index (χ3v) is 1.91. The molecular formula is C10H13NO5. The highest BCUT2D eigenvalue weighted by molar-refractivity contribution is 5.94. The van der Waals surface area contributed by atoms with Crippen LogP contribution in [0, 0.1) is 0 Å². The molecule has 0 aliphatic rings. The Hall–Kier alpha value is -1.98. The lowest BCUT2D eigenvalue weighted by Gasteiger charge is -2.07. The van der Waals surface area contributed by atoms with Crippen molar-refractivity contribution in [2.75, 3.05) is 6.61 Å². The van der Waals surface area contributed by atoms with Crippen molar-refractivity contribution in [3.05, 3.63) is 12.1 Å². The maximum absolute atomic E-state index is 11.0. The minimum atomic E-state index is -0.612. The van der Waals surface area contributed by atoms with Crippen molar-refractivity contribution in [1.29, 1.82) is 0 Å². The van der Waals surface area contributed by atoms with E-state index in [2.05, 4.69) is 0 Å². The largest absolute Gasteiger partial charge is 0.494 e. The number of Topliss-reactive ketones (excluding diaryl/α,β-unsaturated/α-hetero) is 1. The van der Waals surface area contributed by atoms with E-state index < -0.39 is 5.97 Å². The summed E-state index contributed by atoms with van der Waals surface area (Å²) in [5.41, 5.74) is 0. The normalized spacial score (nSPS) is 10.1. The quantitative estimate of drug-likeness (QED) is 0.562. The first-order valence-electron chi connectivity index (χ1n) is 4.73. The van der Waals surface area contributed by atoms with Gasteiger partial charge < -0.3 is 14.9 Å². The van der Waals surface area contributed by atoms with Gasteiger partial charge >= 0.3 is 5.97 Å². The smallest absolute Gasteiger partial charge is 0.313 e. The number of hydrogen-bond acceptors (Lipinski definition) is 5. The van der Waals surface area contributed by atoms with Crippen molar-refractivity contribution >= 4 is 11.8 Å². The van der Waals surface area contributed by atoms with E-state index in [1.807, 2.05) is 0 Å². The van der Waals surface area contributed by atoms with Gasteiger partial charge in [-0.05, 0) is 6.92 Å². The number of carbonyl (C=O) groups is 2. The third kappa shape index (κ3) is 3.30. The van der Waals surface area contributed by atoms with Gasteiger partial charge in [-0.3, -0.25) is 14.2 Å². The molecule has 0 saturated carbocycles. The van der Waals surface area contributed by atoms with Crippen molar-refractivity contribution in [1.82, 2.24) is 4.57 Å². The minimum absolute atomic E-state index is 0.0120. The SMILES string of the molecule is CC(=O)CC(=O)OCCn1c(O)ccc1O. The molecule has 6 heteroatoms. The lowest BCUT2D eigenvalue weighted by molar-refractivity contribution is -0.146. The predicted octanol–water partition coefficient (Wildman–Crippen LogP) is 0.422. The topological polar surface area (TPSA) is 88.8 Å². The molecule has 88 valence electrons. The number of esters is 1. The Balaban J connectivity index is 2.36. The van der Waals surface area contributed by atoms with E-state index in [-0.39, 0.29) is 37.1 Å². The standard InChI is InChI=1S/C10H13NO5/c1-7(12)6-10(15)16-5-4-11-8(13)2-3-9(11)14/h2-3,13-14H,4-6H2,1H3. The molecule has 2 N–H and O–H groups in total. The first-order chi connectivity index (χ1) is 7.50. The molecule has 0 aromatic carbocycles. The van der Waals surface area contributed by atoms with Crippen LogP contribution in [-0.2, 0) is 20.9 Å². The van der Waals surface area contributed by atoms with Gasteiger partial charge in [0.05, 0.1) is 6.54 Å². The second kappa shape index (κ2) is 5.20. The Kier molecular flexibility index (Phi) is 3.93. The molecule has 1 rings (SSSR count). The first-order valence-corrected chi connectivity index (χ1v) is 4.73. The summed E-state index contributed by atoms with van der Waals surface area (Å²) in [7, 11) is 0. The Labute approximate surface area is 92.1 Å². The van der Waals surface area contributed by atoms with Gasteiger partial charge in [-0.25, -0.2) is 0 Å². The van der Waals surface area contributed by atoms with Crippen LogP contribution in [0.15, 0.2) is 12.1 Å². The van der Waals surface area contributed by atoms with Gasteiger partial charge in [0.25, 0.3) is 0 Å². The van der Waals surface area contributed by atoms with E-state index in [4.69, 9.17) is 4.74 Å². The van der Waals surface area contributed by atoms with Gasteiger partial charge in [-0.2, -0.15) is 0 Å². The Bertz CT molecular complexity index is 376. The molecule has 1 aromatic rings. The summed E-state index contributed by atoms with van der Waals surface area (Å²) in [6, 6.07) is 2.65. The van der Waals surface area contributed by atoms with Crippen molar-refractivity contribution in [3.63, 3.8) is 0 Å². The van der Waals surface area contributed by atoms with Crippen LogP contribution in [0.4, 0.5) is 0 Å². The maximum Gasteiger partial charge on any atom is 0.313 e. The van der Waals surface area contributed by atoms with Crippen LogP contribution in [0.25, 0.3) is 0 Å². The number of ketones is 1. The fourth-order valence-electron chi connectivity index (χ4n) is 1.18. The van der Waals surface area contributed by atoms with Crippen LogP contribution in [-0.4, -0.2) is 33.1 Å². The maximum atomic E-state index is 11.0. The molecule has 0 spiro atoms. The molecule has 0 aliphatic heterocycles. The van der Waals surface area contributed by atoms with E-state index in [9.17, 15) is 19.8 Å². The second-order valence-corrected chi connectivity index (χ2v) is 3.30. The average Bonchev–Trinajstić information content (AvgIpc) is 2.47. The van der Waals surface area contributed by atoms with Crippen LogP contribution >= 0.6 is 0 Å². The highest BCUT2D eigenvalue weighted by Crippen LogP contribution is 2.20. The summed E-state index contributed by atoms with van der Waals surface area (Å²) in [4.78, 5) is 21.5. The lowest BCUT2D eigenvalue weighted by Crippen LogP contribution is -2.13. The number of nitrogens with zero attached hydrogens (tertiary/aromatic N) is 1. The molecule has 0 saturated heterocycles. The van der Waals surface area contributed by atoms with Crippen LogP contribution in [0.5, 0.6) is 11.8 Å². The number of carbonyl (C=O) groups excluding carboxylic acids is 2. The van der Waals surface area contributed by atoms with Gasteiger partial charge in [0, 0.05) is 12.1 Å². The number of hydrogen-bond donors (Lipinski definition) is 2. The van der Waals surface area contributed by atoms with Crippen molar-refractivity contribution in [3.8, 4) is 11.8 Å². The monoisotopic (exact) mass is 227 g/mol. The van der Waals surface area contributed by atoms with Crippen molar-refractivity contribution in [2.24, 2.45) is 0 Å². The molecule has 0 bridgehead atoms. The molecule has 0 amide bonds. The molecule has 1 heterocycles.